The fourth-order valence-electron chi connectivity index (χ4n) is 2.61. The lowest BCUT2D eigenvalue weighted by molar-refractivity contribution is -0.117. The SMILES string of the molecule is CC(=O)CCCN1CC2(CCC2)C1. The highest BCUT2D eigenvalue weighted by molar-refractivity contribution is 5.75. The van der Waals surface area contributed by atoms with Gasteiger partial charge in [0.05, 0.1) is 0 Å². The van der Waals surface area contributed by atoms with Crippen LogP contribution in [-0.4, -0.2) is 30.3 Å². The van der Waals surface area contributed by atoms with Gasteiger partial charge in [0, 0.05) is 19.5 Å². The molecule has 1 saturated heterocycles. The van der Waals surface area contributed by atoms with Crippen LogP contribution in [0.15, 0.2) is 0 Å². The molecule has 2 nitrogen and oxygen atoms in total. The van der Waals surface area contributed by atoms with E-state index in [2.05, 4.69) is 4.90 Å². The van der Waals surface area contributed by atoms with Gasteiger partial charge in [0.1, 0.15) is 5.78 Å². The van der Waals surface area contributed by atoms with Crippen molar-refractivity contribution in [2.45, 2.75) is 39.0 Å². The van der Waals surface area contributed by atoms with Crippen LogP contribution in [0.5, 0.6) is 0 Å². The van der Waals surface area contributed by atoms with E-state index in [1.807, 2.05) is 0 Å². The number of ketones is 1. The van der Waals surface area contributed by atoms with E-state index in [1.165, 1.54) is 32.4 Å². The average molecular weight is 181 g/mol. The van der Waals surface area contributed by atoms with Crippen molar-refractivity contribution in [3.8, 4) is 0 Å². The van der Waals surface area contributed by atoms with E-state index in [4.69, 9.17) is 0 Å². The van der Waals surface area contributed by atoms with Crippen LogP contribution >= 0.6 is 0 Å². The Morgan fingerprint density at radius 1 is 1.38 bits per heavy atom. The minimum Gasteiger partial charge on any atom is -0.302 e. The molecular weight excluding hydrogens is 162 g/mol. The summed E-state index contributed by atoms with van der Waals surface area (Å²) in [6.45, 7) is 5.45. The van der Waals surface area contributed by atoms with Gasteiger partial charge in [-0.2, -0.15) is 0 Å². The highest BCUT2D eigenvalue weighted by atomic mass is 16.1. The summed E-state index contributed by atoms with van der Waals surface area (Å²) in [5.41, 5.74) is 0.746. The molecule has 1 heterocycles. The van der Waals surface area contributed by atoms with Crippen LogP contribution in [0.1, 0.15) is 39.0 Å². The van der Waals surface area contributed by atoms with E-state index in [0.717, 1.165) is 24.8 Å². The minimum absolute atomic E-state index is 0.332. The highest BCUT2D eigenvalue weighted by Gasteiger charge is 2.46. The topological polar surface area (TPSA) is 20.3 Å². The van der Waals surface area contributed by atoms with Crippen LogP contribution in [0, 0.1) is 5.41 Å². The highest BCUT2D eigenvalue weighted by Crippen LogP contribution is 2.47. The molecule has 0 amide bonds. The quantitative estimate of drug-likeness (QED) is 0.659. The second-order valence-electron chi connectivity index (χ2n) is 4.87. The van der Waals surface area contributed by atoms with Gasteiger partial charge in [-0.3, -0.25) is 0 Å². The van der Waals surface area contributed by atoms with Crippen molar-refractivity contribution in [2.75, 3.05) is 19.6 Å². The molecule has 0 N–H and O–H groups in total. The van der Waals surface area contributed by atoms with Gasteiger partial charge in [-0.1, -0.05) is 6.42 Å². The number of carbonyl (C=O) groups is 1. The lowest BCUT2D eigenvalue weighted by atomic mass is 9.63. The Morgan fingerprint density at radius 3 is 2.54 bits per heavy atom. The Hall–Kier alpha value is -0.370. The van der Waals surface area contributed by atoms with E-state index >= 15 is 0 Å². The van der Waals surface area contributed by atoms with Crippen molar-refractivity contribution in [1.29, 1.82) is 0 Å². The molecule has 2 rings (SSSR count). The molecule has 1 spiro atoms. The first-order valence-corrected chi connectivity index (χ1v) is 5.42. The smallest absolute Gasteiger partial charge is 0.129 e. The minimum atomic E-state index is 0.332. The third-order valence-corrected chi connectivity index (χ3v) is 3.54. The van der Waals surface area contributed by atoms with Crippen LogP contribution in [-0.2, 0) is 4.79 Å². The maximum Gasteiger partial charge on any atom is 0.129 e. The van der Waals surface area contributed by atoms with Gasteiger partial charge in [-0.25, -0.2) is 0 Å². The van der Waals surface area contributed by atoms with Crippen molar-refractivity contribution in [2.24, 2.45) is 5.41 Å². The second kappa shape index (κ2) is 3.41. The van der Waals surface area contributed by atoms with E-state index in [0.29, 0.717) is 5.78 Å². The van der Waals surface area contributed by atoms with Gasteiger partial charge in [-0.05, 0) is 38.1 Å². The Kier molecular flexibility index (Phi) is 2.41. The summed E-state index contributed by atoms with van der Waals surface area (Å²) in [5, 5.41) is 0. The van der Waals surface area contributed by atoms with E-state index in [-0.39, 0.29) is 0 Å². The molecule has 74 valence electrons. The second-order valence-corrected chi connectivity index (χ2v) is 4.87. The summed E-state index contributed by atoms with van der Waals surface area (Å²) in [7, 11) is 0. The molecule has 1 aliphatic carbocycles. The van der Waals surface area contributed by atoms with Gasteiger partial charge in [0.25, 0.3) is 0 Å². The normalized spacial score (nSPS) is 25.3. The first-order chi connectivity index (χ1) is 6.20. The standard InChI is InChI=1S/C11H19NO/c1-10(13)4-2-7-12-8-11(9-12)5-3-6-11/h2-9H2,1H3. The third kappa shape index (κ3) is 1.93. The predicted molar refractivity (Wildman–Crippen MR) is 52.6 cm³/mol. The molecule has 0 radical (unpaired) electrons. The molecule has 0 aromatic carbocycles. The number of rotatable bonds is 4. The van der Waals surface area contributed by atoms with Gasteiger partial charge in [0.15, 0.2) is 0 Å². The maximum atomic E-state index is 10.7. The number of Topliss-reactive ketones (excluding diaryl/α,β-unsaturated/α-hetero) is 1. The molecule has 2 aliphatic rings. The van der Waals surface area contributed by atoms with Crippen LogP contribution < -0.4 is 0 Å². The van der Waals surface area contributed by atoms with Gasteiger partial charge in [-0.15, -0.1) is 0 Å². The van der Waals surface area contributed by atoms with Crippen LogP contribution in [0.25, 0.3) is 0 Å². The van der Waals surface area contributed by atoms with Crippen molar-refractivity contribution < 1.29 is 4.79 Å². The number of hydrogen-bond donors (Lipinski definition) is 0. The van der Waals surface area contributed by atoms with Gasteiger partial charge >= 0.3 is 0 Å². The predicted octanol–water partition coefficient (Wildman–Crippen LogP) is 1.84. The van der Waals surface area contributed by atoms with Crippen molar-refractivity contribution in [3.05, 3.63) is 0 Å². The third-order valence-electron chi connectivity index (χ3n) is 3.54. The van der Waals surface area contributed by atoms with Crippen LogP contribution in [0.3, 0.4) is 0 Å². The summed E-state index contributed by atoms with van der Waals surface area (Å²) in [6.07, 6.45) is 6.18. The molecule has 1 saturated carbocycles. The molecule has 0 aromatic rings. The van der Waals surface area contributed by atoms with E-state index in [9.17, 15) is 4.79 Å². The Bertz CT molecular complexity index is 200. The maximum absolute atomic E-state index is 10.7. The fraction of sp³-hybridized carbons (Fsp3) is 0.909. The number of likely N-dealkylation sites (tertiary alicyclic amines) is 1. The molecule has 2 fully saturated rings. The first-order valence-electron chi connectivity index (χ1n) is 5.42. The molecule has 13 heavy (non-hydrogen) atoms. The Morgan fingerprint density at radius 2 is 2.08 bits per heavy atom. The first kappa shape index (κ1) is 9.20. The monoisotopic (exact) mass is 181 g/mol. The van der Waals surface area contributed by atoms with Crippen LogP contribution in [0.2, 0.25) is 0 Å². The summed E-state index contributed by atoms with van der Waals surface area (Å²) in [6, 6.07) is 0. The van der Waals surface area contributed by atoms with E-state index in [1.54, 1.807) is 6.92 Å². The number of hydrogen-bond acceptors (Lipinski definition) is 2. The summed E-state index contributed by atoms with van der Waals surface area (Å²) in [4.78, 5) is 13.2. The average Bonchev–Trinajstić information content (AvgIpc) is 1.89. The van der Waals surface area contributed by atoms with Crippen molar-refractivity contribution in [1.82, 2.24) is 4.90 Å². The summed E-state index contributed by atoms with van der Waals surface area (Å²) >= 11 is 0. The molecule has 2 heteroatoms. The molecule has 0 aromatic heterocycles. The zero-order valence-electron chi connectivity index (χ0n) is 8.51. The van der Waals surface area contributed by atoms with Crippen LogP contribution in [0.4, 0.5) is 0 Å². The summed E-state index contributed by atoms with van der Waals surface area (Å²) in [5.74, 6) is 0.332. The molecule has 0 unspecified atom stereocenters. The zero-order chi connectivity index (χ0) is 9.31. The van der Waals surface area contributed by atoms with Gasteiger partial charge in [0.2, 0.25) is 0 Å². The lowest BCUT2D eigenvalue weighted by Gasteiger charge is -2.56. The largest absolute Gasteiger partial charge is 0.302 e. The molecule has 1 aliphatic heterocycles. The number of carbonyl (C=O) groups excluding carboxylic acids is 1. The zero-order valence-corrected chi connectivity index (χ0v) is 8.51. The Labute approximate surface area is 80.3 Å². The van der Waals surface area contributed by atoms with E-state index < -0.39 is 0 Å². The molecule has 0 atom stereocenters. The Balaban J connectivity index is 1.56. The molecule has 0 bridgehead atoms. The van der Waals surface area contributed by atoms with Gasteiger partial charge < -0.3 is 9.69 Å². The summed E-state index contributed by atoms with van der Waals surface area (Å²) < 4.78 is 0. The fourth-order valence-corrected chi connectivity index (χ4v) is 2.61. The molecular formula is C11H19NO. The lowest BCUT2D eigenvalue weighted by Crippen LogP contribution is -2.59. The van der Waals surface area contributed by atoms with Crippen molar-refractivity contribution in [3.63, 3.8) is 0 Å². The number of nitrogens with zero attached hydrogens (tertiary/aromatic N) is 1. The van der Waals surface area contributed by atoms with Crippen molar-refractivity contribution >= 4 is 5.78 Å².